The zero-order valence-electron chi connectivity index (χ0n) is 20.8. The molecule has 3 N–H and O–H groups in total. The number of halogens is 1. The van der Waals surface area contributed by atoms with Gasteiger partial charge in [0.2, 0.25) is 0 Å². The number of imidazole rings is 1. The number of nitrogens with zero attached hydrogens (tertiary/aromatic N) is 4. The van der Waals surface area contributed by atoms with Gasteiger partial charge in [0.1, 0.15) is 17.2 Å². The molecule has 4 heterocycles. The molecular weight excluding hydrogens is 465 g/mol. The van der Waals surface area contributed by atoms with Crippen molar-refractivity contribution in [2.45, 2.75) is 26.2 Å². The van der Waals surface area contributed by atoms with E-state index in [1.807, 2.05) is 37.5 Å². The minimum Gasteiger partial charge on any atom is -0.387 e. The highest BCUT2D eigenvalue weighted by Gasteiger charge is 2.14. The summed E-state index contributed by atoms with van der Waals surface area (Å²) in [6.45, 7) is 6.20. The third-order valence-electron chi connectivity index (χ3n) is 6.07. The Morgan fingerprint density at radius 2 is 1.95 bits per heavy atom. The van der Waals surface area contributed by atoms with Crippen molar-refractivity contribution >= 4 is 22.4 Å². The molecule has 0 amide bonds. The van der Waals surface area contributed by atoms with Gasteiger partial charge in [0, 0.05) is 42.7 Å². The molecule has 8 heteroatoms. The second-order valence-electron chi connectivity index (χ2n) is 8.84. The van der Waals surface area contributed by atoms with Crippen molar-refractivity contribution in [3.8, 4) is 22.5 Å². The molecule has 0 aliphatic rings. The van der Waals surface area contributed by atoms with Crippen molar-refractivity contribution in [1.82, 2.24) is 24.9 Å². The third kappa shape index (κ3) is 5.33. The molecule has 37 heavy (non-hydrogen) atoms. The standard InChI is InChI=1S/C29H28FN7/c1-4-6-18(2)35-23-12-21(15-32-16-23)25-13-20(26(31-3)17-34-25)14-27-36-24-9-10-33-28(29(24)37-27)19-7-5-8-22(30)11-19/h5,7-13,15-17,31,35H,2,4,6,14H2,1,3H3,(H,36,37). The molecule has 1 aromatic carbocycles. The summed E-state index contributed by atoms with van der Waals surface area (Å²) in [4.78, 5) is 21.8. The summed E-state index contributed by atoms with van der Waals surface area (Å²) in [5, 5.41) is 6.55. The van der Waals surface area contributed by atoms with Gasteiger partial charge in [-0.05, 0) is 42.3 Å². The molecule has 5 aromatic rings. The molecule has 0 spiro atoms. The molecule has 186 valence electrons. The molecule has 0 unspecified atom stereocenters. The molecule has 0 aliphatic carbocycles. The summed E-state index contributed by atoms with van der Waals surface area (Å²) in [5.74, 6) is 0.470. The van der Waals surface area contributed by atoms with E-state index in [0.717, 1.165) is 58.1 Å². The van der Waals surface area contributed by atoms with Crippen molar-refractivity contribution in [3.05, 3.63) is 96.7 Å². The fourth-order valence-electron chi connectivity index (χ4n) is 4.34. The van der Waals surface area contributed by atoms with Crippen LogP contribution in [0.15, 0.2) is 79.5 Å². The maximum atomic E-state index is 13.8. The lowest BCUT2D eigenvalue weighted by molar-refractivity contribution is 0.628. The number of hydrogen-bond acceptors (Lipinski definition) is 6. The molecule has 0 fully saturated rings. The van der Waals surface area contributed by atoms with Crippen LogP contribution in [0.3, 0.4) is 0 Å². The van der Waals surface area contributed by atoms with Gasteiger partial charge >= 0.3 is 0 Å². The number of nitrogens with one attached hydrogen (secondary N) is 3. The van der Waals surface area contributed by atoms with Crippen molar-refractivity contribution in [3.63, 3.8) is 0 Å². The Bertz CT molecular complexity index is 1570. The molecule has 0 saturated carbocycles. The van der Waals surface area contributed by atoms with Crippen LogP contribution in [0, 0.1) is 5.82 Å². The van der Waals surface area contributed by atoms with Crippen LogP contribution >= 0.6 is 0 Å². The largest absolute Gasteiger partial charge is 0.387 e. The molecule has 0 bridgehead atoms. The van der Waals surface area contributed by atoms with E-state index in [0.29, 0.717) is 23.2 Å². The van der Waals surface area contributed by atoms with Crippen LogP contribution in [0.4, 0.5) is 15.8 Å². The van der Waals surface area contributed by atoms with E-state index in [9.17, 15) is 4.39 Å². The predicted molar refractivity (Wildman–Crippen MR) is 147 cm³/mol. The molecule has 4 aromatic heterocycles. The normalized spacial score (nSPS) is 11.0. The minimum absolute atomic E-state index is 0.307. The summed E-state index contributed by atoms with van der Waals surface area (Å²) in [5.41, 5.74) is 8.37. The zero-order valence-corrected chi connectivity index (χ0v) is 20.8. The number of aromatic amines is 1. The molecule has 5 rings (SSSR count). The number of aromatic nitrogens is 5. The van der Waals surface area contributed by atoms with E-state index in [1.54, 1.807) is 24.7 Å². The van der Waals surface area contributed by atoms with Crippen LogP contribution in [-0.4, -0.2) is 32.0 Å². The lowest BCUT2D eigenvalue weighted by Gasteiger charge is -2.12. The SMILES string of the molecule is C=C(CCC)Nc1cncc(-c2cc(Cc3nc4c(-c5cccc(F)c5)nccc4[nH]3)c(NC)cn2)c1. The topological polar surface area (TPSA) is 91.4 Å². The van der Waals surface area contributed by atoms with Crippen LogP contribution in [0.1, 0.15) is 31.2 Å². The minimum atomic E-state index is -0.307. The summed E-state index contributed by atoms with van der Waals surface area (Å²) in [6.07, 6.45) is 9.58. The van der Waals surface area contributed by atoms with Gasteiger partial charge in [-0.15, -0.1) is 0 Å². The first-order valence-corrected chi connectivity index (χ1v) is 12.2. The van der Waals surface area contributed by atoms with E-state index >= 15 is 0 Å². The van der Waals surface area contributed by atoms with Gasteiger partial charge < -0.3 is 15.6 Å². The van der Waals surface area contributed by atoms with Gasteiger partial charge in [0.25, 0.3) is 0 Å². The number of fused-ring (bicyclic) bond motifs is 1. The number of allylic oxidation sites excluding steroid dienone is 1. The Hall–Kier alpha value is -4.59. The predicted octanol–water partition coefficient (Wildman–Crippen LogP) is 6.58. The lowest BCUT2D eigenvalue weighted by Crippen LogP contribution is -2.01. The first kappa shape index (κ1) is 24.1. The zero-order chi connectivity index (χ0) is 25.8. The van der Waals surface area contributed by atoms with Gasteiger partial charge in [-0.1, -0.05) is 32.1 Å². The van der Waals surface area contributed by atoms with E-state index in [2.05, 4.69) is 44.1 Å². The Kier molecular flexibility index (Phi) is 6.89. The van der Waals surface area contributed by atoms with Crippen molar-refractivity contribution in [2.24, 2.45) is 0 Å². The first-order chi connectivity index (χ1) is 18.0. The highest BCUT2D eigenvalue weighted by atomic mass is 19.1. The smallest absolute Gasteiger partial charge is 0.123 e. The third-order valence-corrected chi connectivity index (χ3v) is 6.07. The van der Waals surface area contributed by atoms with Gasteiger partial charge in [-0.25, -0.2) is 9.37 Å². The molecule has 0 atom stereocenters. The maximum absolute atomic E-state index is 13.8. The quantitative estimate of drug-likeness (QED) is 0.215. The number of benzene rings is 1. The van der Waals surface area contributed by atoms with Crippen molar-refractivity contribution < 1.29 is 4.39 Å². The fraction of sp³-hybridized carbons (Fsp3) is 0.172. The summed E-state index contributed by atoms with van der Waals surface area (Å²) in [6, 6.07) is 12.4. The van der Waals surface area contributed by atoms with Crippen LogP contribution in [0.25, 0.3) is 33.5 Å². The number of rotatable bonds is 9. The summed E-state index contributed by atoms with van der Waals surface area (Å²) < 4.78 is 13.8. The Morgan fingerprint density at radius 3 is 2.76 bits per heavy atom. The molecule has 0 radical (unpaired) electrons. The van der Waals surface area contributed by atoms with Gasteiger partial charge in [0.05, 0.1) is 40.7 Å². The Balaban J connectivity index is 1.47. The van der Waals surface area contributed by atoms with E-state index in [1.165, 1.54) is 12.1 Å². The molecule has 0 saturated heterocycles. The number of H-pyrrole nitrogens is 1. The van der Waals surface area contributed by atoms with E-state index in [4.69, 9.17) is 4.98 Å². The Labute approximate surface area is 215 Å². The fourth-order valence-corrected chi connectivity index (χ4v) is 4.34. The Morgan fingerprint density at radius 1 is 1.05 bits per heavy atom. The van der Waals surface area contributed by atoms with E-state index in [-0.39, 0.29) is 5.82 Å². The number of anilines is 2. The monoisotopic (exact) mass is 493 g/mol. The van der Waals surface area contributed by atoms with Crippen LogP contribution < -0.4 is 10.6 Å². The second kappa shape index (κ2) is 10.6. The summed E-state index contributed by atoms with van der Waals surface area (Å²) >= 11 is 0. The van der Waals surface area contributed by atoms with Crippen molar-refractivity contribution in [1.29, 1.82) is 0 Å². The first-order valence-electron chi connectivity index (χ1n) is 12.2. The number of hydrogen-bond donors (Lipinski definition) is 3. The molecule has 7 nitrogen and oxygen atoms in total. The molecular formula is C29H28FN7. The van der Waals surface area contributed by atoms with E-state index < -0.39 is 0 Å². The average Bonchev–Trinajstić information content (AvgIpc) is 3.31. The number of pyridine rings is 3. The van der Waals surface area contributed by atoms with Gasteiger partial charge in [-0.2, -0.15) is 0 Å². The van der Waals surface area contributed by atoms with Crippen LogP contribution in [0.2, 0.25) is 0 Å². The highest BCUT2D eigenvalue weighted by Crippen LogP contribution is 2.29. The van der Waals surface area contributed by atoms with Crippen LogP contribution in [0.5, 0.6) is 0 Å². The second-order valence-corrected chi connectivity index (χ2v) is 8.84. The van der Waals surface area contributed by atoms with Crippen molar-refractivity contribution in [2.75, 3.05) is 17.7 Å². The average molecular weight is 494 g/mol. The molecule has 0 aliphatic heterocycles. The van der Waals surface area contributed by atoms with Gasteiger partial charge in [0.15, 0.2) is 0 Å². The van der Waals surface area contributed by atoms with Gasteiger partial charge in [-0.3, -0.25) is 15.0 Å². The summed E-state index contributed by atoms with van der Waals surface area (Å²) in [7, 11) is 1.87. The highest BCUT2D eigenvalue weighted by molar-refractivity contribution is 5.89. The maximum Gasteiger partial charge on any atom is 0.123 e. The lowest BCUT2D eigenvalue weighted by atomic mass is 10.1. The van der Waals surface area contributed by atoms with Crippen LogP contribution in [-0.2, 0) is 6.42 Å².